The second kappa shape index (κ2) is 5.40. The molecule has 3 unspecified atom stereocenters. The summed E-state index contributed by atoms with van der Waals surface area (Å²) in [5, 5.41) is 4.16. The Kier molecular flexibility index (Phi) is 4.10. The summed E-state index contributed by atoms with van der Waals surface area (Å²) in [6.45, 7) is 4.57. The average molecular weight is 274 g/mol. The molecule has 0 bridgehead atoms. The van der Waals surface area contributed by atoms with Gasteiger partial charge in [0.05, 0.1) is 6.20 Å². The second-order valence-corrected chi connectivity index (χ2v) is 5.60. The molecule has 1 aliphatic carbocycles. The highest BCUT2D eigenvalue weighted by Crippen LogP contribution is 2.32. The molecule has 1 aromatic heterocycles. The quantitative estimate of drug-likeness (QED) is 0.828. The minimum absolute atomic E-state index is 0.230. The first-order valence-corrected chi connectivity index (χ1v) is 6.78. The van der Waals surface area contributed by atoms with Crippen LogP contribution in [0.4, 0.5) is 5.82 Å². The molecule has 5 heteroatoms. The SMILES string of the molecule is CC1CCCC(Nc2nc(Cl)ncc2Cl)C1C. The lowest BCUT2D eigenvalue weighted by Crippen LogP contribution is -2.35. The molecule has 1 N–H and O–H groups in total. The summed E-state index contributed by atoms with van der Waals surface area (Å²) in [5.41, 5.74) is 0. The molecular weight excluding hydrogens is 257 g/mol. The van der Waals surface area contributed by atoms with E-state index in [2.05, 4.69) is 29.1 Å². The first kappa shape index (κ1) is 12.9. The van der Waals surface area contributed by atoms with E-state index in [0.717, 1.165) is 12.3 Å². The van der Waals surface area contributed by atoms with Gasteiger partial charge in [0.2, 0.25) is 5.28 Å². The third-order valence-corrected chi connectivity index (χ3v) is 4.20. The van der Waals surface area contributed by atoms with Crippen LogP contribution in [-0.4, -0.2) is 16.0 Å². The molecule has 0 spiro atoms. The minimum Gasteiger partial charge on any atom is -0.366 e. The molecule has 3 nitrogen and oxygen atoms in total. The Balaban J connectivity index is 2.11. The lowest BCUT2D eigenvalue weighted by Gasteiger charge is -2.35. The van der Waals surface area contributed by atoms with Gasteiger partial charge in [-0.1, -0.05) is 38.3 Å². The first-order valence-electron chi connectivity index (χ1n) is 6.02. The minimum atomic E-state index is 0.230. The van der Waals surface area contributed by atoms with E-state index in [9.17, 15) is 0 Å². The van der Waals surface area contributed by atoms with Gasteiger partial charge in [0.1, 0.15) is 10.8 Å². The fourth-order valence-electron chi connectivity index (χ4n) is 2.41. The molecule has 1 heterocycles. The van der Waals surface area contributed by atoms with Crippen molar-refractivity contribution in [1.29, 1.82) is 0 Å². The van der Waals surface area contributed by atoms with Crippen molar-refractivity contribution in [3.63, 3.8) is 0 Å². The molecule has 0 radical (unpaired) electrons. The van der Waals surface area contributed by atoms with Gasteiger partial charge in [-0.3, -0.25) is 0 Å². The van der Waals surface area contributed by atoms with Crippen molar-refractivity contribution >= 4 is 29.0 Å². The maximum absolute atomic E-state index is 6.05. The number of halogens is 2. The van der Waals surface area contributed by atoms with Gasteiger partial charge >= 0.3 is 0 Å². The van der Waals surface area contributed by atoms with Gasteiger partial charge in [-0.05, 0) is 29.9 Å². The van der Waals surface area contributed by atoms with Gasteiger partial charge in [-0.2, -0.15) is 4.98 Å². The monoisotopic (exact) mass is 273 g/mol. The summed E-state index contributed by atoms with van der Waals surface area (Å²) in [6.07, 6.45) is 5.25. The van der Waals surface area contributed by atoms with Crippen LogP contribution in [0.15, 0.2) is 6.20 Å². The zero-order valence-corrected chi connectivity index (χ0v) is 11.6. The molecule has 1 fully saturated rings. The van der Waals surface area contributed by atoms with E-state index in [4.69, 9.17) is 23.2 Å². The smallest absolute Gasteiger partial charge is 0.224 e. The van der Waals surface area contributed by atoms with Crippen molar-refractivity contribution in [3.8, 4) is 0 Å². The lowest BCUT2D eigenvalue weighted by molar-refractivity contribution is 0.253. The van der Waals surface area contributed by atoms with Crippen LogP contribution >= 0.6 is 23.2 Å². The molecule has 0 aliphatic heterocycles. The van der Waals surface area contributed by atoms with Crippen LogP contribution in [0, 0.1) is 11.8 Å². The predicted molar refractivity (Wildman–Crippen MR) is 71.6 cm³/mol. The largest absolute Gasteiger partial charge is 0.366 e. The maximum Gasteiger partial charge on any atom is 0.224 e. The topological polar surface area (TPSA) is 37.8 Å². The number of nitrogens with one attached hydrogen (secondary N) is 1. The van der Waals surface area contributed by atoms with Crippen molar-refractivity contribution in [2.24, 2.45) is 11.8 Å². The molecule has 0 aromatic carbocycles. The third kappa shape index (κ3) is 3.02. The van der Waals surface area contributed by atoms with Gasteiger partial charge in [0.15, 0.2) is 0 Å². The van der Waals surface area contributed by atoms with Gasteiger partial charge in [0.25, 0.3) is 0 Å². The summed E-state index contributed by atoms with van der Waals surface area (Å²) < 4.78 is 0. The van der Waals surface area contributed by atoms with E-state index in [1.807, 2.05) is 0 Å². The predicted octanol–water partition coefficient (Wildman–Crippen LogP) is 4.02. The highest BCUT2D eigenvalue weighted by molar-refractivity contribution is 6.33. The standard InChI is InChI=1S/C12H17Cl2N3/c1-7-4-3-5-10(8(7)2)16-11-9(13)6-15-12(14)17-11/h6-8,10H,3-5H2,1-2H3,(H,15,16,17). The molecule has 1 aromatic rings. The van der Waals surface area contributed by atoms with Gasteiger partial charge < -0.3 is 5.32 Å². The number of rotatable bonds is 2. The van der Waals surface area contributed by atoms with E-state index in [-0.39, 0.29) is 5.28 Å². The Morgan fingerprint density at radius 2 is 2.06 bits per heavy atom. The van der Waals surface area contributed by atoms with Gasteiger partial charge in [0, 0.05) is 6.04 Å². The number of aromatic nitrogens is 2. The molecule has 2 rings (SSSR count). The normalized spacial score (nSPS) is 29.1. The molecule has 0 amide bonds. The summed E-state index contributed by atoms with van der Waals surface area (Å²) in [4.78, 5) is 7.99. The molecule has 1 aliphatic rings. The Hall–Kier alpha value is -0.540. The Bertz CT molecular complexity index is 397. The fourth-order valence-corrected chi connectivity index (χ4v) is 2.69. The number of anilines is 1. The van der Waals surface area contributed by atoms with E-state index in [1.165, 1.54) is 19.0 Å². The summed E-state index contributed by atoms with van der Waals surface area (Å²) in [5.74, 6) is 2.00. The van der Waals surface area contributed by atoms with Gasteiger partial charge in [-0.15, -0.1) is 0 Å². The highest BCUT2D eigenvalue weighted by Gasteiger charge is 2.27. The van der Waals surface area contributed by atoms with Crippen molar-refractivity contribution in [3.05, 3.63) is 16.5 Å². The van der Waals surface area contributed by atoms with Crippen LogP contribution in [0.1, 0.15) is 33.1 Å². The van der Waals surface area contributed by atoms with Crippen molar-refractivity contribution in [1.82, 2.24) is 9.97 Å². The Morgan fingerprint density at radius 1 is 1.29 bits per heavy atom. The van der Waals surface area contributed by atoms with E-state index < -0.39 is 0 Å². The maximum atomic E-state index is 6.05. The second-order valence-electron chi connectivity index (χ2n) is 4.85. The summed E-state index contributed by atoms with van der Waals surface area (Å²) >= 11 is 11.8. The van der Waals surface area contributed by atoms with Crippen LogP contribution in [0.2, 0.25) is 10.3 Å². The van der Waals surface area contributed by atoms with Crippen molar-refractivity contribution in [2.45, 2.75) is 39.2 Å². The molecule has 1 saturated carbocycles. The highest BCUT2D eigenvalue weighted by atomic mass is 35.5. The third-order valence-electron chi connectivity index (χ3n) is 3.74. The van der Waals surface area contributed by atoms with Crippen molar-refractivity contribution < 1.29 is 0 Å². The van der Waals surface area contributed by atoms with Crippen molar-refractivity contribution in [2.75, 3.05) is 5.32 Å². The van der Waals surface area contributed by atoms with E-state index in [1.54, 1.807) is 0 Å². The lowest BCUT2D eigenvalue weighted by atomic mass is 9.78. The summed E-state index contributed by atoms with van der Waals surface area (Å²) in [6, 6.07) is 0.419. The molecule has 0 saturated heterocycles. The van der Waals surface area contributed by atoms with Crippen LogP contribution < -0.4 is 5.32 Å². The molecule has 94 valence electrons. The van der Waals surface area contributed by atoms with Crippen LogP contribution in [-0.2, 0) is 0 Å². The summed E-state index contributed by atoms with van der Waals surface area (Å²) in [7, 11) is 0. The number of hydrogen-bond donors (Lipinski definition) is 1. The number of hydrogen-bond acceptors (Lipinski definition) is 3. The van der Waals surface area contributed by atoms with Crippen LogP contribution in [0.25, 0.3) is 0 Å². The zero-order valence-electron chi connectivity index (χ0n) is 10.1. The van der Waals surface area contributed by atoms with Crippen LogP contribution in [0.3, 0.4) is 0 Å². The zero-order chi connectivity index (χ0) is 12.4. The fraction of sp³-hybridized carbons (Fsp3) is 0.667. The van der Waals surface area contributed by atoms with Gasteiger partial charge in [-0.25, -0.2) is 4.98 Å². The van der Waals surface area contributed by atoms with E-state index >= 15 is 0 Å². The van der Waals surface area contributed by atoms with Crippen LogP contribution in [0.5, 0.6) is 0 Å². The molecule has 17 heavy (non-hydrogen) atoms. The Labute approximate surface area is 112 Å². The first-order chi connectivity index (χ1) is 8.08. The van der Waals surface area contributed by atoms with E-state index in [0.29, 0.717) is 22.8 Å². The Morgan fingerprint density at radius 3 is 2.82 bits per heavy atom. The number of nitrogens with zero attached hydrogens (tertiary/aromatic N) is 2. The molecule has 3 atom stereocenters. The molecular formula is C12H17Cl2N3. The average Bonchev–Trinajstić information content (AvgIpc) is 2.30.